The minimum Gasteiger partial charge on any atom is -0.323 e. The summed E-state index contributed by atoms with van der Waals surface area (Å²) < 4.78 is 40.2. The van der Waals surface area contributed by atoms with Crippen molar-refractivity contribution < 1.29 is 18.0 Å². The van der Waals surface area contributed by atoms with Crippen LogP contribution in [0.25, 0.3) is 5.82 Å². The number of anilines is 1. The number of carbonyl (C=O) groups excluding carboxylic acids is 1. The third-order valence-electron chi connectivity index (χ3n) is 4.27. The Balaban J connectivity index is 1.74. The Morgan fingerprint density at radius 2 is 2.08 bits per heavy atom. The largest absolute Gasteiger partial charge is 0.391 e. The van der Waals surface area contributed by atoms with Gasteiger partial charge in [0.15, 0.2) is 5.82 Å². The van der Waals surface area contributed by atoms with Gasteiger partial charge in [0, 0.05) is 24.5 Å². The zero-order chi connectivity index (χ0) is 17.2. The van der Waals surface area contributed by atoms with Gasteiger partial charge in [0.25, 0.3) is 0 Å². The van der Waals surface area contributed by atoms with Crippen LogP contribution in [0.5, 0.6) is 0 Å². The molecule has 5 nitrogen and oxygen atoms in total. The van der Waals surface area contributed by atoms with Gasteiger partial charge in [0.1, 0.15) is 0 Å². The Kier molecular flexibility index (Phi) is 4.55. The second kappa shape index (κ2) is 6.62. The highest BCUT2D eigenvalue weighted by Gasteiger charge is 2.43. The fourth-order valence-corrected chi connectivity index (χ4v) is 3.03. The van der Waals surface area contributed by atoms with Crippen LogP contribution in [0, 0.1) is 11.8 Å². The molecule has 0 saturated heterocycles. The number of nitrogens with one attached hydrogen (secondary N) is 1. The molecule has 1 N–H and O–H groups in total. The van der Waals surface area contributed by atoms with Crippen LogP contribution in [0.1, 0.15) is 25.7 Å². The van der Waals surface area contributed by atoms with Crippen LogP contribution in [0.3, 0.4) is 0 Å². The van der Waals surface area contributed by atoms with E-state index in [1.165, 1.54) is 4.68 Å². The van der Waals surface area contributed by atoms with Gasteiger partial charge in [0.2, 0.25) is 5.91 Å². The fraction of sp³-hybridized carbons (Fsp3) is 0.438. The molecule has 0 aromatic carbocycles. The number of halogens is 3. The zero-order valence-corrected chi connectivity index (χ0v) is 12.8. The number of aromatic nitrogens is 3. The summed E-state index contributed by atoms with van der Waals surface area (Å²) in [5.41, 5.74) is 0.431. The molecule has 0 spiro atoms. The number of hydrogen-bond acceptors (Lipinski definition) is 3. The fourth-order valence-electron chi connectivity index (χ4n) is 3.03. The molecular weight excluding hydrogens is 321 g/mol. The first kappa shape index (κ1) is 16.5. The van der Waals surface area contributed by atoms with Crippen molar-refractivity contribution in [2.45, 2.75) is 31.9 Å². The SMILES string of the molecule is O=C(Nc1cccnc1-n1cccn1)[C@H]1CCC[C@@H](C(F)(F)F)C1. The molecule has 1 amide bonds. The zero-order valence-electron chi connectivity index (χ0n) is 12.8. The first-order valence-corrected chi connectivity index (χ1v) is 7.78. The third-order valence-corrected chi connectivity index (χ3v) is 4.27. The lowest BCUT2D eigenvalue weighted by atomic mass is 9.80. The van der Waals surface area contributed by atoms with Gasteiger partial charge in [-0.2, -0.15) is 18.3 Å². The predicted octanol–water partition coefficient (Wildman–Crippen LogP) is 3.57. The predicted molar refractivity (Wildman–Crippen MR) is 81.5 cm³/mol. The van der Waals surface area contributed by atoms with Crippen molar-refractivity contribution in [1.82, 2.24) is 14.8 Å². The van der Waals surface area contributed by atoms with E-state index in [2.05, 4.69) is 15.4 Å². The number of carbonyl (C=O) groups is 1. The highest BCUT2D eigenvalue weighted by atomic mass is 19.4. The van der Waals surface area contributed by atoms with E-state index < -0.39 is 23.9 Å². The summed E-state index contributed by atoms with van der Waals surface area (Å²) in [5.74, 6) is -2.01. The van der Waals surface area contributed by atoms with Crippen LogP contribution < -0.4 is 5.32 Å². The molecule has 0 aliphatic heterocycles. The van der Waals surface area contributed by atoms with Crippen LogP contribution in [0.4, 0.5) is 18.9 Å². The van der Waals surface area contributed by atoms with Gasteiger partial charge in [0.05, 0.1) is 11.6 Å². The first-order chi connectivity index (χ1) is 11.4. The van der Waals surface area contributed by atoms with Crippen molar-refractivity contribution in [1.29, 1.82) is 0 Å². The second-order valence-corrected chi connectivity index (χ2v) is 5.92. The number of rotatable bonds is 3. The second-order valence-electron chi connectivity index (χ2n) is 5.92. The summed E-state index contributed by atoms with van der Waals surface area (Å²) in [4.78, 5) is 16.6. The molecule has 0 unspecified atom stereocenters. The van der Waals surface area contributed by atoms with Crippen LogP contribution in [0.15, 0.2) is 36.8 Å². The Hall–Kier alpha value is -2.38. The lowest BCUT2D eigenvalue weighted by Gasteiger charge is -2.29. The molecule has 1 aliphatic carbocycles. The smallest absolute Gasteiger partial charge is 0.323 e. The van der Waals surface area contributed by atoms with Gasteiger partial charge >= 0.3 is 6.18 Å². The van der Waals surface area contributed by atoms with E-state index in [4.69, 9.17) is 0 Å². The molecule has 3 rings (SSSR count). The van der Waals surface area contributed by atoms with Crippen molar-refractivity contribution in [2.75, 3.05) is 5.32 Å². The van der Waals surface area contributed by atoms with Gasteiger partial charge in [-0.15, -0.1) is 0 Å². The number of hydrogen-bond donors (Lipinski definition) is 1. The Labute approximate surface area is 136 Å². The maximum atomic E-state index is 12.9. The number of nitrogens with zero attached hydrogens (tertiary/aromatic N) is 3. The van der Waals surface area contributed by atoms with Crippen LogP contribution in [0.2, 0.25) is 0 Å². The van der Waals surface area contributed by atoms with Crippen LogP contribution in [-0.4, -0.2) is 26.8 Å². The molecule has 1 saturated carbocycles. The van der Waals surface area contributed by atoms with E-state index >= 15 is 0 Å². The van der Waals surface area contributed by atoms with Gasteiger partial charge in [-0.25, -0.2) is 9.67 Å². The van der Waals surface area contributed by atoms with E-state index in [9.17, 15) is 18.0 Å². The maximum absolute atomic E-state index is 12.9. The minimum atomic E-state index is -4.24. The normalized spacial score (nSPS) is 21.5. The average molecular weight is 338 g/mol. The minimum absolute atomic E-state index is 0.0959. The van der Waals surface area contributed by atoms with Crippen molar-refractivity contribution in [2.24, 2.45) is 11.8 Å². The Morgan fingerprint density at radius 3 is 2.79 bits per heavy atom. The first-order valence-electron chi connectivity index (χ1n) is 7.78. The summed E-state index contributed by atoms with van der Waals surface area (Å²) in [5, 5.41) is 6.78. The highest BCUT2D eigenvalue weighted by molar-refractivity contribution is 5.94. The topological polar surface area (TPSA) is 59.8 Å². The molecule has 0 bridgehead atoms. The molecule has 128 valence electrons. The summed E-state index contributed by atoms with van der Waals surface area (Å²) in [6.07, 6.45) is 1.39. The maximum Gasteiger partial charge on any atom is 0.391 e. The molecule has 2 atom stereocenters. The van der Waals surface area contributed by atoms with Crippen molar-refractivity contribution in [3.63, 3.8) is 0 Å². The number of pyridine rings is 1. The van der Waals surface area contributed by atoms with Crippen LogP contribution >= 0.6 is 0 Å². The molecule has 8 heteroatoms. The molecular formula is C16H17F3N4O. The monoisotopic (exact) mass is 338 g/mol. The number of amides is 1. The van der Waals surface area contributed by atoms with E-state index in [1.54, 1.807) is 36.8 Å². The molecule has 2 heterocycles. The van der Waals surface area contributed by atoms with E-state index in [1.807, 2.05) is 0 Å². The average Bonchev–Trinajstić information content (AvgIpc) is 3.09. The van der Waals surface area contributed by atoms with Gasteiger partial charge in [-0.1, -0.05) is 6.42 Å². The van der Waals surface area contributed by atoms with E-state index in [-0.39, 0.29) is 12.8 Å². The highest BCUT2D eigenvalue weighted by Crippen LogP contribution is 2.40. The summed E-state index contributed by atoms with van der Waals surface area (Å²) in [7, 11) is 0. The lowest BCUT2D eigenvalue weighted by molar-refractivity contribution is -0.185. The molecule has 24 heavy (non-hydrogen) atoms. The lowest BCUT2D eigenvalue weighted by Crippen LogP contribution is -2.34. The summed E-state index contributed by atoms with van der Waals surface area (Å²) in [6.45, 7) is 0. The molecule has 1 aliphatic rings. The van der Waals surface area contributed by atoms with Crippen molar-refractivity contribution >= 4 is 11.6 Å². The van der Waals surface area contributed by atoms with E-state index in [0.717, 1.165) is 0 Å². The van der Waals surface area contributed by atoms with Gasteiger partial charge < -0.3 is 5.32 Å². The molecule has 0 radical (unpaired) electrons. The van der Waals surface area contributed by atoms with Gasteiger partial charge in [-0.05, 0) is 37.5 Å². The molecule has 2 aromatic rings. The molecule has 2 aromatic heterocycles. The van der Waals surface area contributed by atoms with E-state index in [0.29, 0.717) is 24.3 Å². The van der Waals surface area contributed by atoms with Crippen molar-refractivity contribution in [3.05, 3.63) is 36.8 Å². The third kappa shape index (κ3) is 3.58. The Bertz CT molecular complexity index is 700. The summed E-state index contributed by atoms with van der Waals surface area (Å²) in [6, 6.07) is 5.03. The quantitative estimate of drug-likeness (QED) is 0.931. The Morgan fingerprint density at radius 1 is 1.25 bits per heavy atom. The number of alkyl halides is 3. The van der Waals surface area contributed by atoms with Crippen molar-refractivity contribution in [3.8, 4) is 5.82 Å². The van der Waals surface area contributed by atoms with Gasteiger partial charge in [-0.3, -0.25) is 4.79 Å². The summed E-state index contributed by atoms with van der Waals surface area (Å²) >= 11 is 0. The standard InChI is InChI=1S/C16H17F3N4O/c17-16(18,19)12-5-1-4-11(10-12)15(24)22-13-6-2-7-20-14(13)23-9-3-8-21-23/h2-3,6-9,11-12H,1,4-5,10H2,(H,22,24)/t11-,12+/m0/s1. The van der Waals surface area contributed by atoms with Crippen LogP contribution in [-0.2, 0) is 4.79 Å². The molecule has 1 fully saturated rings.